The number of ether oxygens (including phenoxy) is 3. The Kier molecular flexibility index (Phi) is 5.27. The molecule has 0 aliphatic carbocycles. The highest BCUT2D eigenvalue weighted by molar-refractivity contribution is 6.06. The highest BCUT2D eigenvalue weighted by Gasteiger charge is 2.14. The molecule has 0 fully saturated rings. The van der Waals surface area contributed by atoms with Gasteiger partial charge in [-0.2, -0.15) is 0 Å². The van der Waals surface area contributed by atoms with Crippen LogP contribution in [0.3, 0.4) is 0 Å². The molecular formula is C21H21NO4. The minimum absolute atomic E-state index is 0.140. The van der Waals surface area contributed by atoms with Crippen molar-refractivity contribution < 1.29 is 19.0 Å². The van der Waals surface area contributed by atoms with Crippen molar-refractivity contribution >= 4 is 16.7 Å². The summed E-state index contributed by atoms with van der Waals surface area (Å²) in [5.41, 5.74) is 1.45. The van der Waals surface area contributed by atoms with E-state index in [9.17, 15) is 4.79 Å². The van der Waals surface area contributed by atoms with Gasteiger partial charge < -0.3 is 19.5 Å². The number of rotatable bonds is 6. The smallest absolute Gasteiger partial charge is 0.252 e. The minimum Gasteiger partial charge on any atom is -0.496 e. The second kappa shape index (κ2) is 7.78. The summed E-state index contributed by atoms with van der Waals surface area (Å²) < 4.78 is 16.0. The Labute approximate surface area is 152 Å². The maximum absolute atomic E-state index is 12.7. The highest BCUT2D eigenvalue weighted by atomic mass is 16.5. The summed E-state index contributed by atoms with van der Waals surface area (Å²) in [6.45, 7) is 0.311. The van der Waals surface area contributed by atoms with Gasteiger partial charge in [-0.25, -0.2) is 0 Å². The van der Waals surface area contributed by atoms with Crippen LogP contribution in [0.15, 0.2) is 54.6 Å². The molecule has 0 atom stereocenters. The Bertz CT molecular complexity index is 931. The van der Waals surface area contributed by atoms with Gasteiger partial charge in [-0.1, -0.05) is 36.4 Å². The molecule has 5 nitrogen and oxygen atoms in total. The standard InChI is InChI=1S/C21H21NO4/c1-24-18-12-20(26-3)19(25-2)11-15(18)13-22-21(23)17-10-6-8-14-7-4-5-9-16(14)17/h4-12H,13H2,1-3H3,(H,22,23). The van der Waals surface area contributed by atoms with Crippen LogP contribution < -0.4 is 19.5 Å². The van der Waals surface area contributed by atoms with E-state index in [1.165, 1.54) is 0 Å². The van der Waals surface area contributed by atoms with Gasteiger partial charge in [-0.05, 0) is 22.9 Å². The average Bonchev–Trinajstić information content (AvgIpc) is 2.70. The van der Waals surface area contributed by atoms with Gasteiger partial charge >= 0.3 is 0 Å². The first-order valence-corrected chi connectivity index (χ1v) is 8.22. The number of carbonyl (C=O) groups is 1. The summed E-state index contributed by atoms with van der Waals surface area (Å²) in [5, 5.41) is 4.91. The Morgan fingerprint density at radius 3 is 2.23 bits per heavy atom. The van der Waals surface area contributed by atoms with E-state index in [0.717, 1.165) is 16.3 Å². The summed E-state index contributed by atoms with van der Waals surface area (Å²) in [6, 6.07) is 17.1. The van der Waals surface area contributed by atoms with Gasteiger partial charge in [0.15, 0.2) is 11.5 Å². The van der Waals surface area contributed by atoms with Crippen molar-refractivity contribution in [3.63, 3.8) is 0 Å². The minimum atomic E-state index is -0.140. The van der Waals surface area contributed by atoms with Crippen LogP contribution in [0.5, 0.6) is 17.2 Å². The predicted octanol–water partition coefficient (Wildman–Crippen LogP) is 3.80. The molecule has 1 amide bonds. The van der Waals surface area contributed by atoms with E-state index in [0.29, 0.717) is 29.4 Å². The van der Waals surface area contributed by atoms with Crippen molar-refractivity contribution in [1.29, 1.82) is 0 Å². The van der Waals surface area contributed by atoms with Crippen LogP contribution in [0.1, 0.15) is 15.9 Å². The quantitative estimate of drug-likeness (QED) is 0.734. The fourth-order valence-electron chi connectivity index (χ4n) is 2.92. The molecule has 0 spiro atoms. The predicted molar refractivity (Wildman–Crippen MR) is 101 cm³/mol. The van der Waals surface area contributed by atoms with Gasteiger partial charge in [0.05, 0.1) is 21.3 Å². The fraction of sp³-hybridized carbons (Fsp3) is 0.190. The summed E-state index contributed by atoms with van der Waals surface area (Å²) in [5.74, 6) is 1.65. The Morgan fingerprint density at radius 1 is 0.846 bits per heavy atom. The van der Waals surface area contributed by atoms with E-state index < -0.39 is 0 Å². The molecule has 0 aliphatic heterocycles. The SMILES string of the molecule is COc1cc(OC)c(OC)cc1CNC(=O)c1cccc2ccccc12. The summed E-state index contributed by atoms with van der Waals surface area (Å²) in [4.78, 5) is 12.7. The largest absolute Gasteiger partial charge is 0.496 e. The van der Waals surface area contributed by atoms with Crippen LogP contribution in [0.2, 0.25) is 0 Å². The molecule has 0 aliphatic rings. The van der Waals surface area contributed by atoms with Gasteiger partial charge in [-0.3, -0.25) is 4.79 Å². The van der Waals surface area contributed by atoms with Crippen molar-refractivity contribution in [2.75, 3.05) is 21.3 Å². The lowest BCUT2D eigenvalue weighted by Crippen LogP contribution is -2.23. The molecule has 5 heteroatoms. The zero-order valence-corrected chi connectivity index (χ0v) is 15.0. The first kappa shape index (κ1) is 17.6. The van der Waals surface area contributed by atoms with Gasteiger partial charge in [0.25, 0.3) is 5.91 Å². The Morgan fingerprint density at radius 2 is 1.50 bits per heavy atom. The molecule has 0 bridgehead atoms. The number of methoxy groups -OCH3 is 3. The van der Waals surface area contributed by atoms with Crippen molar-refractivity contribution in [2.24, 2.45) is 0 Å². The van der Waals surface area contributed by atoms with E-state index >= 15 is 0 Å². The van der Waals surface area contributed by atoms with Gasteiger partial charge in [0.1, 0.15) is 5.75 Å². The number of amides is 1. The van der Waals surface area contributed by atoms with Crippen molar-refractivity contribution in [3.05, 3.63) is 65.7 Å². The van der Waals surface area contributed by atoms with Crippen LogP contribution in [-0.4, -0.2) is 27.2 Å². The van der Waals surface area contributed by atoms with Gasteiger partial charge in [-0.15, -0.1) is 0 Å². The van der Waals surface area contributed by atoms with Crippen LogP contribution in [0.4, 0.5) is 0 Å². The van der Waals surface area contributed by atoms with Gasteiger partial charge in [0, 0.05) is 23.7 Å². The number of benzene rings is 3. The number of fused-ring (bicyclic) bond motifs is 1. The van der Waals surface area contributed by atoms with E-state index in [1.807, 2.05) is 42.5 Å². The normalized spacial score (nSPS) is 10.4. The second-order valence-electron chi connectivity index (χ2n) is 5.73. The van der Waals surface area contributed by atoms with Crippen molar-refractivity contribution in [3.8, 4) is 17.2 Å². The number of nitrogens with one attached hydrogen (secondary N) is 1. The van der Waals surface area contributed by atoms with Crippen molar-refractivity contribution in [2.45, 2.75) is 6.54 Å². The molecule has 26 heavy (non-hydrogen) atoms. The third-order valence-corrected chi connectivity index (χ3v) is 4.26. The zero-order valence-electron chi connectivity index (χ0n) is 15.0. The van der Waals surface area contributed by atoms with E-state index in [4.69, 9.17) is 14.2 Å². The molecule has 1 N–H and O–H groups in total. The third-order valence-electron chi connectivity index (χ3n) is 4.26. The summed E-state index contributed by atoms with van der Waals surface area (Å²) in [6.07, 6.45) is 0. The molecule has 0 radical (unpaired) electrons. The van der Waals surface area contributed by atoms with Crippen LogP contribution in [0, 0.1) is 0 Å². The van der Waals surface area contributed by atoms with Crippen LogP contribution >= 0.6 is 0 Å². The molecule has 0 heterocycles. The summed E-state index contributed by atoms with van der Waals surface area (Å²) in [7, 11) is 4.72. The lowest BCUT2D eigenvalue weighted by atomic mass is 10.0. The first-order valence-electron chi connectivity index (χ1n) is 8.22. The molecular weight excluding hydrogens is 330 g/mol. The summed E-state index contributed by atoms with van der Waals surface area (Å²) >= 11 is 0. The molecule has 134 valence electrons. The number of hydrogen-bond donors (Lipinski definition) is 1. The Hall–Kier alpha value is -3.21. The maximum Gasteiger partial charge on any atom is 0.252 e. The second-order valence-corrected chi connectivity index (χ2v) is 5.73. The lowest BCUT2D eigenvalue weighted by Gasteiger charge is -2.15. The third kappa shape index (κ3) is 3.42. The molecule has 0 saturated carbocycles. The Balaban J connectivity index is 1.85. The average molecular weight is 351 g/mol. The van der Waals surface area contributed by atoms with Crippen LogP contribution in [0.25, 0.3) is 10.8 Å². The zero-order chi connectivity index (χ0) is 18.5. The maximum atomic E-state index is 12.7. The van der Waals surface area contributed by atoms with Gasteiger partial charge in [0.2, 0.25) is 0 Å². The topological polar surface area (TPSA) is 56.8 Å². The molecule has 3 aromatic rings. The highest BCUT2D eigenvalue weighted by Crippen LogP contribution is 2.34. The molecule has 0 unspecified atom stereocenters. The molecule has 3 aromatic carbocycles. The van der Waals surface area contributed by atoms with Crippen LogP contribution in [-0.2, 0) is 6.54 Å². The molecule has 0 saturated heterocycles. The molecule has 0 aromatic heterocycles. The monoisotopic (exact) mass is 351 g/mol. The first-order chi connectivity index (χ1) is 12.7. The lowest BCUT2D eigenvalue weighted by molar-refractivity contribution is 0.0952. The number of hydrogen-bond acceptors (Lipinski definition) is 4. The van der Waals surface area contributed by atoms with E-state index in [-0.39, 0.29) is 5.91 Å². The number of carbonyl (C=O) groups excluding carboxylic acids is 1. The molecule has 3 rings (SSSR count). The van der Waals surface area contributed by atoms with Crippen molar-refractivity contribution in [1.82, 2.24) is 5.32 Å². The fourth-order valence-corrected chi connectivity index (χ4v) is 2.92. The van der Waals surface area contributed by atoms with E-state index in [2.05, 4.69) is 5.32 Å². The van der Waals surface area contributed by atoms with E-state index in [1.54, 1.807) is 33.5 Å².